The van der Waals surface area contributed by atoms with Crippen molar-refractivity contribution in [1.82, 2.24) is 20.2 Å². The summed E-state index contributed by atoms with van der Waals surface area (Å²) in [6.07, 6.45) is 1.65. The Labute approximate surface area is 130 Å². The summed E-state index contributed by atoms with van der Waals surface area (Å²) < 4.78 is 0. The van der Waals surface area contributed by atoms with Gasteiger partial charge in [-0.05, 0) is 24.6 Å². The number of benzene rings is 1. The van der Waals surface area contributed by atoms with E-state index < -0.39 is 0 Å². The maximum Gasteiger partial charge on any atom is 0.226 e. The number of nitrogens with zero attached hydrogens (tertiary/aromatic N) is 3. The van der Waals surface area contributed by atoms with Crippen LogP contribution in [0.4, 0.5) is 17.5 Å². The number of rotatable bonds is 3. The fourth-order valence-electron chi connectivity index (χ4n) is 1.91. The van der Waals surface area contributed by atoms with Gasteiger partial charge in [-0.1, -0.05) is 23.2 Å². The van der Waals surface area contributed by atoms with Crippen LogP contribution in [-0.4, -0.2) is 27.2 Å². The summed E-state index contributed by atoms with van der Waals surface area (Å²) in [6, 6.07) is 3.57. The zero-order valence-electron chi connectivity index (χ0n) is 11.3. The van der Waals surface area contributed by atoms with E-state index in [4.69, 9.17) is 23.2 Å². The number of H-pyrrole nitrogens is 1. The Morgan fingerprint density at radius 2 is 1.95 bits per heavy atom. The summed E-state index contributed by atoms with van der Waals surface area (Å²) in [4.78, 5) is 8.66. The Hall–Kier alpha value is -2.05. The second kappa shape index (κ2) is 5.38. The third kappa shape index (κ3) is 2.59. The maximum atomic E-state index is 6.25. The largest absolute Gasteiger partial charge is 0.357 e. The van der Waals surface area contributed by atoms with Crippen LogP contribution < -0.4 is 10.6 Å². The van der Waals surface area contributed by atoms with Gasteiger partial charge in [-0.25, -0.2) is 0 Å². The van der Waals surface area contributed by atoms with Gasteiger partial charge in [0.15, 0.2) is 5.65 Å². The van der Waals surface area contributed by atoms with Gasteiger partial charge in [0.25, 0.3) is 0 Å². The highest BCUT2D eigenvalue weighted by atomic mass is 35.5. The molecule has 8 heteroatoms. The number of hydrogen-bond acceptors (Lipinski definition) is 5. The van der Waals surface area contributed by atoms with Crippen molar-refractivity contribution in [3.8, 4) is 0 Å². The summed E-state index contributed by atoms with van der Waals surface area (Å²) in [5.41, 5.74) is 2.22. The molecule has 0 radical (unpaired) electrons. The van der Waals surface area contributed by atoms with E-state index in [1.807, 2.05) is 6.92 Å². The second-order valence-corrected chi connectivity index (χ2v) is 5.30. The van der Waals surface area contributed by atoms with Crippen LogP contribution in [0.5, 0.6) is 0 Å². The minimum Gasteiger partial charge on any atom is -0.357 e. The van der Waals surface area contributed by atoms with Crippen molar-refractivity contribution < 1.29 is 0 Å². The predicted octanol–water partition coefficient (Wildman–Crippen LogP) is 3.75. The number of halogens is 2. The lowest BCUT2D eigenvalue weighted by atomic mass is 10.2. The van der Waals surface area contributed by atoms with Crippen LogP contribution in [0.3, 0.4) is 0 Å². The van der Waals surface area contributed by atoms with Gasteiger partial charge in [0.05, 0.1) is 22.3 Å². The molecule has 3 aromatic rings. The summed E-state index contributed by atoms with van der Waals surface area (Å²) in [5.74, 6) is 1.07. The Kier molecular flexibility index (Phi) is 3.57. The molecule has 0 amide bonds. The Morgan fingerprint density at radius 1 is 1.14 bits per heavy atom. The first kappa shape index (κ1) is 13.9. The van der Waals surface area contributed by atoms with Crippen molar-refractivity contribution >= 4 is 51.7 Å². The van der Waals surface area contributed by atoms with Gasteiger partial charge in [0.2, 0.25) is 5.95 Å². The monoisotopic (exact) mass is 322 g/mol. The van der Waals surface area contributed by atoms with Crippen LogP contribution in [0.2, 0.25) is 10.0 Å². The third-order valence-corrected chi connectivity index (χ3v) is 3.75. The van der Waals surface area contributed by atoms with Gasteiger partial charge in [0.1, 0.15) is 5.82 Å². The number of nitrogens with one attached hydrogen (secondary N) is 3. The molecule has 0 bridgehead atoms. The molecule has 0 saturated heterocycles. The molecule has 3 N–H and O–H groups in total. The average molecular weight is 323 g/mol. The highest BCUT2D eigenvalue weighted by Crippen LogP contribution is 2.32. The zero-order chi connectivity index (χ0) is 15.0. The molecule has 0 atom stereocenters. The predicted molar refractivity (Wildman–Crippen MR) is 85.7 cm³/mol. The molecule has 6 nitrogen and oxygen atoms in total. The quantitative estimate of drug-likeness (QED) is 0.684. The number of hydrogen-bond donors (Lipinski definition) is 3. The molecule has 0 spiro atoms. The first-order valence-electron chi connectivity index (χ1n) is 6.20. The summed E-state index contributed by atoms with van der Waals surface area (Å²) in [5, 5.41) is 14.8. The van der Waals surface area contributed by atoms with E-state index in [0.717, 1.165) is 10.9 Å². The average Bonchev–Trinajstić information content (AvgIpc) is 2.93. The Bertz CT molecular complexity index is 814. The molecule has 3 rings (SSSR count). The van der Waals surface area contributed by atoms with E-state index in [-0.39, 0.29) is 0 Å². The summed E-state index contributed by atoms with van der Waals surface area (Å²) in [7, 11) is 1.75. The normalized spacial score (nSPS) is 10.9. The second-order valence-electron chi connectivity index (χ2n) is 4.48. The Morgan fingerprint density at radius 3 is 2.71 bits per heavy atom. The first-order chi connectivity index (χ1) is 10.1. The van der Waals surface area contributed by atoms with Crippen LogP contribution >= 0.6 is 23.2 Å². The third-order valence-electron chi connectivity index (χ3n) is 3.03. The topological polar surface area (TPSA) is 78.5 Å². The zero-order valence-corrected chi connectivity index (χ0v) is 12.8. The molecule has 0 saturated carbocycles. The molecular formula is C13H12Cl2N6. The van der Waals surface area contributed by atoms with Crippen LogP contribution in [-0.2, 0) is 0 Å². The lowest BCUT2D eigenvalue weighted by Crippen LogP contribution is -2.02. The fourth-order valence-corrected chi connectivity index (χ4v) is 2.34. The summed E-state index contributed by atoms with van der Waals surface area (Å²) >= 11 is 12.4. The molecule has 0 aliphatic rings. The fraction of sp³-hybridized carbons (Fsp3) is 0.154. The van der Waals surface area contributed by atoms with Crippen molar-refractivity contribution in [3.63, 3.8) is 0 Å². The standard InChI is InChI=1S/C13H12Cl2N6/c1-6-3-9(15)10(4-8(6)14)18-11-7-5-17-21-12(7)20-13(16-2)19-11/h3-5H,1-2H3,(H3,16,17,18,19,20,21). The minimum atomic E-state index is 0.476. The number of anilines is 3. The van der Waals surface area contributed by atoms with E-state index in [1.165, 1.54) is 0 Å². The maximum absolute atomic E-state index is 6.25. The Balaban J connectivity index is 2.09. The molecule has 21 heavy (non-hydrogen) atoms. The molecule has 2 aromatic heterocycles. The van der Waals surface area contributed by atoms with Gasteiger partial charge < -0.3 is 10.6 Å². The first-order valence-corrected chi connectivity index (χ1v) is 6.95. The molecule has 108 valence electrons. The van der Waals surface area contributed by atoms with E-state index in [9.17, 15) is 0 Å². The van der Waals surface area contributed by atoms with Gasteiger partial charge in [-0.15, -0.1) is 0 Å². The van der Waals surface area contributed by atoms with E-state index >= 15 is 0 Å². The van der Waals surface area contributed by atoms with Crippen molar-refractivity contribution in [2.24, 2.45) is 0 Å². The van der Waals surface area contributed by atoms with Gasteiger partial charge in [-0.3, -0.25) is 5.10 Å². The van der Waals surface area contributed by atoms with Gasteiger partial charge >= 0.3 is 0 Å². The van der Waals surface area contributed by atoms with Crippen LogP contribution in [0.15, 0.2) is 18.3 Å². The van der Waals surface area contributed by atoms with Gasteiger partial charge in [0, 0.05) is 12.1 Å². The van der Waals surface area contributed by atoms with Gasteiger partial charge in [-0.2, -0.15) is 15.1 Å². The van der Waals surface area contributed by atoms with Crippen molar-refractivity contribution in [2.45, 2.75) is 6.92 Å². The highest BCUT2D eigenvalue weighted by Gasteiger charge is 2.11. The van der Waals surface area contributed by atoms with E-state index in [0.29, 0.717) is 33.1 Å². The van der Waals surface area contributed by atoms with Crippen LogP contribution in [0, 0.1) is 6.92 Å². The molecule has 0 fully saturated rings. The van der Waals surface area contributed by atoms with Crippen LogP contribution in [0.1, 0.15) is 5.56 Å². The van der Waals surface area contributed by atoms with Crippen molar-refractivity contribution in [1.29, 1.82) is 0 Å². The molecule has 2 heterocycles. The van der Waals surface area contributed by atoms with E-state index in [2.05, 4.69) is 30.8 Å². The van der Waals surface area contributed by atoms with E-state index in [1.54, 1.807) is 25.4 Å². The van der Waals surface area contributed by atoms with Crippen molar-refractivity contribution in [3.05, 3.63) is 33.9 Å². The molecule has 0 aliphatic heterocycles. The lowest BCUT2D eigenvalue weighted by molar-refractivity contribution is 1.09. The smallest absolute Gasteiger partial charge is 0.226 e. The number of fused-ring (bicyclic) bond motifs is 1. The molecule has 0 aliphatic carbocycles. The SMILES string of the molecule is CNc1nc(Nc2cc(Cl)c(C)cc2Cl)c2cn[nH]c2n1. The van der Waals surface area contributed by atoms with Crippen LogP contribution in [0.25, 0.3) is 11.0 Å². The minimum absolute atomic E-state index is 0.476. The summed E-state index contributed by atoms with van der Waals surface area (Å²) in [6.45, 7) is 1.90. The molecular weight excluding hydrogens is 311 g/mol. The molecule has 1 aromatic carbocycles. The number of aromatic amines is 1. The molecule has 0 unspecified atom stereocenters. The highest BCUT2D eigenvalue weighted by molar-refractivity contribution is 6.35. The number of aryl methyl sites for hydroxylation is 1. The number of aromatic nitrogens is 4. The van der Waals surface area contributed by atoms with Crippen molar-refractivity contribution in [2.75, 3.05) is 17.7 Å². The lowest BCUT2D eigenvalue weighted by Gasteiger charge is -2.11.